The number of benzene rings is 1. The topological polar surface area (TPSA) is 114 Å². The molecular weight excluding hydrogens is 406 g/mol. The van der Waals surface area contributed by atoms with Crippen LogP contribution in [0.15, 0.2) is 36.5 Å². The highest BCUT2D eigenvalue weighted by atomic mass is 35.5. The van der Waals surface area contributed by atoms with E-state index in [1.54, 1.807) is 30.3 Å². The Morgan fingerprint density at radius 3 is 2.83 bits per heavy atom. The van der Waals surface area contributed by atoms with Gasteiger partial charge in [0.1, 0.15) is 5.15 Å². The number of carbonyl (C=O) groups is 2. The molecule has 0 spiro atoms. The number of hydrogen-bond donors (Lipinski definition) is 2. The van der Waals surface area contributed by atoms with Gasteiger partial charge < -0.3 is 15.7 Å². The van der Waals surface area contributed by atoms with Gasteiger partial charge in [-0.2, -0.15) is 5.10 Å². The molecule has 0 aliphatic carbocycles. The van der Waals surface area contributed by atoms with Gasteiger partial charge in [0.25, 0.3) is 5.91 Å². The van der Waals surface area contributed by atoms with Crippen LogP contribution in [0, 0.1) is 11.8 Å². The molecule has 1 atom stereocenters. The van der Waals surface area contributed by atoms with Crippen molar-refractivity contribution in [1.29, 1.82) is 0 Å². The average molecular weight is 426 g/mol. The van der Waals surface area contributed by atoms with Gasteiger partial charge in [-0.1, -0.05) is 29.5 Å². The largest absolute Gasteiger partial charge is 0.371 e. The fraction of sp³-hybridized carbons (Fsp3) is 0.238. The number of nitrogens with zero attached hydrogens (tertiary/aromatic N) is 4. The lowest BCUT2D eigenvalue weighted by Crippen LogP contribution is -2.33. The minimum atomic E-state index is -1.74. The summed E-state index contributed by atoms with van der Waals surface area (Å²) in [5, 5.41) is 15.4. The van der Waals surface area contributed by atoms with E-state index in [-0.39, 0.29) is 17.3 Å². The number of amides is 1. The molecule has 2 heterocycles. The van der Waals surface area contributed by atoms with Crippen LogP contribution in [0.5, 0.6) is 0 Å². The molecule has 0 fully saturated rings. The summed E-state index contributed by atoms with van der Waals surface area (Å²) in [6.07, 6.45) is 2.08. The molecule has 8 nitrogen and oxygen atoms in total. The molecule has 0 saturated heterocycles. The van der Waals surface area contributed by atoms with Crippen LogP contribution in [-0.2, 0) is 4.79 Å². The van der Waals surface area contributed by atoms with Crippen LogP contribution >= 0.6 is 11.6 Å². The third-order valence-corrected chi connectivity index (χ3v) is 4.62. The van der Waals surface area contributed by atoms with Crippen LogP contribution in [-0.4, -0.2) is 63.2 Å². The molecule has 1 aromatic carbocycles. The van der Waals surface area contributed by atoms with Crippen LogP contribution in [0.4, 0.5) is 0 Å². The van der Waals surface area contributed by atoms with Crippen LogP contribution in [0.2, 0.25) is 5.15 Å². The number of primary amides is 1. The summed E-state index contributed by atoms with van der Waals surface area (Å²) in [4.78, 5) is 29.0. The molecule has 3 aromatic rings. The van der Waals surface area contributed by atoms with E-state index in [4.69, 9.17) is 17.3 Å². The first-order valence-electron chi connectivity index (χ1n) is 9.03. The maximum Gasteiger partial charge on any atom is 0.269 e. The maximum absolute atomic E-state index is 11.8. The predicted octanol–water partition coefficient (Wildman–Crippen LogP) is 1.41. The van der Waals surface area contributed by atoms with Crippen molar-refractivity contribution in [3.8, 4) is 17.5 Å². The molecule has 0 radical (unpaired) electrons. The standard InChI is InChI=1S/C21H20ClN5O3/c1-26(2)9-8-21(30,13-28)7-6-14-4-3-5-15(10-14)27-17-11-18(22)24-12-16(17)19(25-27)20(23)29/h3-5,10-13,30H,8-9H2,1-2H3,(H2,23,29). The zero-order valence-corrected chi connectivity index (χ0v) is 17.2. The molecule has 9 heteroatoms. The molecule has 0 saturated carbocycles. The highest BCUT2D eigenvalue weighted by Crippen LogP contribution is 2.24. The van der Waals surface area contributed by atoms with Gasteiger partial charge in [-0.05, 0) is 32.3 Å². The van der Waals surface area contributed by atoms with Crippen LogP contribution < -0.4 is 5.73 Å². The summed E-state index contributed by atoms with van der Waals surface area (Å²) >= 11 is 6.01. The monoisotopic (exact) mass is 425 g/mol. The Morgan fingerprint density at radius 2 is 2.17 bits per heavy atom. The summed E-state index contributed by atoms with van der Waals surface area (Å²) in [7, 11) is 3.69. The van der Waals surface area contributed by atoms with Gasteiger partial charge in [0.05, 0.1) is 16.6 Å². The molecule has 0 aliphatic heterocycles. The number of aromatic nitrogens is 3. The molecule has 30 heavy (non-hydrogen) atoms. The Morgan fingerprint density at radius 1 is 1.40 bits per heavy atom. The van der Waals surface area contributed by atoms with Gasteiger partial charge >= 0.3 is 0 Å². The van der Waals surface area contributed by atoms with Crippen molar-refractivity contribution in [3.05, 3.63) is 52.9 Å². The quantitative estimate of drug-likeness (QED) is 0.350. The second kappa shape index (κ2) is 8.63. The molecule has 0 bridgehead atoms. The fourth-order valence-electron chi connectivity index (χ4n) is 2.81. The van der Waals surface area contributed by atoms with Crippen molar-refractivity contribution in [2.75, 3.05) is 20.6 Å². The van der Waals surface area contributed by atoms with Gasteiger partial charge in [0, 0.05) is 30.8 Å². The summed E-state index contributed by atoms with van der Waals surface area (Å²) in [6.45, 7) is 0.508. The van der Waals surface area contributed by atoms with Crippen molar-refractivity contribution >= 4 is 34.7 Å². The van der Waals surface area contributed by atoms with E-state index < -0.39 is 11.5 Å². The number of carbonyl (C=O) groups excluding carboxylic acids is 2. The zero-order chi connectivity index (χ0) is 21.9. The smallest absolute Gasteiger partial charge is 0.269 e. The third kappa shape index (κ3) is 4.66. The molecule has 3 N–H and O–H groups in total. The lowest BCUT2D eigenvalue weighted by atomic mass is 10.0. The van der Waals surface area contributed by atoms with Gasteiger partial charge in [0.15, 0.2) is 17.6 Å². The Labute approximate surface area is 178 Å². The van der Waals surface area contributed by atoms with Crippen molar-refractivity contribution in [1.82, 2.24) is 19.7 Å². The first-order chi connectivity index (χ1) is 14.2. The Balaban J connectivity index is 2.02. The number of nitrogens with two attached hydrogens (primary N) is 1. The molecule has 2 aromatic heterocycles. The van der Waals surface area contributed by atoms with Gasteiger partial charge in [-0.3, -0.25) is 9.59 Å². The molecule has 3 rings (SSSR count). The van der Waals surface area contributed by atoms with E-state index in [9.17, 15) is 14.7 Å². The number of rotatable bonds is 6. The van der Waals surface area contributed by atoms with Crippen molar-refractivity contribution in [2.24, 2.45) is 5.73 Å². The van der Waals surface area contributed by atoms with Gasteiger partial charge in [0.2, 0.25) is 0 Å². The van der Waals surface area contributed by atoms with E-state index in [0.717, 1.165) is 0 Å². The molecule has 0 aliphatic rings. The highest BCUT2D eigenvalue weighted by molar-refractivity contribution is 6.30. The van der Waals surface area contributed by atoms with Crippen LogP contribution in [0.3, 0.4) is 0 Å². The lowest BCUT2D eigenvalue weighted by molar-refractivity contribution is -0.119. The highest BCUT2D eigenvalue weighted by Gasteiger charge is 2.23. The Hall–Kier alpha value is -3.25. The maximum atomic E-state index is 11.8. The van der Waals surface area contributed by atoms with Crippen molar-refractivity contribution in [2.45, 2.75) is 12.0 Å². The summed E-state index contributed by atoms with van der Waals surface area (Å²) in [5.74, 6) is 4.80. The Bertz CT molecular complexity index is 1180. The number of fused-ring (bicyclic) bond motifs is 1. The minimum absolute atomic E-state index is 0.0738. The number of aliphatic hydroxyl groups is 1. The first-order valence-corrected chi connectivity index (χ1v) is 9.41. The minimum Gasteiger partial charge on any atom is -0.371 e. The third-order valence-electron chi connectivity index (χ3n) is 4.41. The van der Waals surface area contributed by atoms with Gasteiger partial charge in [-0.15, -0.1) is 0 Å². The fourth-order valence-corrected chi connectivity index (χ4v) is 2.96. The zero-order valence-electron chi connectivity index (χ0n) is 16.5. The van der Waals surface area contributed by atoms with Crippen LogP contribution in [0.25, 0.3) is 16.6 Å². The van der Waals surface area contributed by atoms with Crippen molar-refractivity contribution in [3.63, 3.8) is 0 Å². The second-order valence-electron chi connectivity index (χ2n) is 7.04. The summed E-state index contributed by atoms with van der Waals surface area (Å²) in [6, 6.07) is 8.56. The normalized spacial score (nSPS) is 13.0. The van der Waals surface area contributed by atoms with E-state index >= 15 is 0 Å². The number of halogens is 1. The molecule has 1 unspecified atom stereocenters. The SMILES string of the molecule is CN(C)CCC(O)(C#Cc1cccc(-n2nc(C(N)=O)c3cnc(Cl)cc32)c1)C=O. The Kier molecular flexibility index (Phi) is 6.17. The average Bonchev–Trinajstić information content (AvgIpc) is 3.10. The molecule has 1 amide bonds. The number of hydrogen-bond acceptors (Lipinski definition) is 6. The summed E-state index contributed by atoms with van der Waals surface area (Å²) < 4.78 is 1.52. The second-order valence-corrected chi connectivity index (χ2v) is 7.43. The van der Waals surface area contributed by atoms with Gasteiger partial charge in [-0.25, -0.2) is 9.67 Å². The molecular formula is C21H20ClN5O3. The van der Waals surface area contributed by atoms with E-state index in [1.807, 2.05) is 19.0 Å². The summed E-state index contributed by atoms with van der Waals surface area (Å²) in [5.41, 5.74) is 5.49. The van der Waals surface area contributed by atoms with E-state index in [2.05, 4.69) is 21.9 Å². The molecule has 154 valence electrons. The lowest BCUT2D eigenvalue weighted by Gasteiger charge is -2.17. The van der Waals surface area contributed by atoms with E-state index in [1.165, 1.54) is 10.9 Å². The van der Waals surface area contributed by atoms with Crippen molar-refractivity contribution < 1.29 is 14.7 Å². The predicted molar refractivity (Wildman–Crippen MR) is 113 cm³/mol. The van der Waals surface area contributed by atoms with E-state index in [0.29, 0.717) is 35.0 Å². The number of pyridine rings is 1. The first kappa shape index (κ1) is 21.5. The number of aldehydes is 1. The van der Waals surface area contributed by atoms with Crippen LogP contribution in [0.1, 0.15) is 22.5 Å².